The van der Waals surface area contributed by atoms with E-state index < -0.39 is 52.4 Å². The fraction of sp³-hybridized carbons (Fsp3) is 0.427. The van der Waals surface area contributed by atoms with Gasteiger partial charge in [-0.1, -0.05) is 74.4 Å². The van der Waals surface area contributed by atoms with E-state index in [1.807, 2.05) is 126 Å². The Labute approximate surface area is 830 Å². The number of carbonyl (C=O) groups is 8. The number of alkyl halides is 2. The van der Waals surface area contributed by atoms with Crippen LogP contribution in [0.4, 0.5) is 26.3 Å². The number of aromatic nitrogens is 5. The highest BCUT2D eigenvalue weighted by Crippen LogP contribution is 2.50. The third-order valence-electron chi connectivity index (χ3n) is 27.6. The van der Waals surface area contributed by atoms with Crippen molar-refractivity contribution in [2.24, 2.45) is 11.8 Å². The topological polar surface area (TPSA) is 322 Å². The predicted octanol–water partition coefficient (Wildman–Crippen LogP) is 20.4. The Morgan fingerprint density at radius 3 is 0.924 bits per heavy atom. The highest BCUT2D eigenvalue weighted by Gasteiger charge is 2.63. The Bertz CT molecular complexity index is 6550. The average Bonchev–Trinajstić information content (AvgIpc) is 1.63. The van der Waals surface area contributed by atoms with E-state index in [2.05, 4.69) is 24.0 Å². The van der Waals surface area contributed by atoms with E-state index in [1.165, 1.54) is 65.8 Å². The molecule has 1 N–H and O–H groups in total. The van der Waals surface area contributed by atoms with E-state index >= 15 is 0 Å². The van der Waals surface area contributed by atoms with Gasteiger partial charge in [-0.2, -0.15) is 0 Å². The van der Waals surface area contributed by atoms with E-state index in [0.29, 0.717) is 133 Å². The standard InChI is InChI=1S/C28H32FN3O4.C28H34FN3O4.C27H28F3N3O3.C27H27FN4O4/c1-17(2)20-14-21(18-7-9-19(29)10-8-18)30-22-15-24(36-25(20)22)27(34)32-12-11-31(16-28(32,3)4)26(33)23-6-5-13-35-23;1-16(2)20-13-21(18-7-9-19(29)10-8-18)30-22-14-23(36-25(20)22)26(34)32-12-11-31(15-28(32,5)6)27(35)24(33)17(3)4;1-15(2)18-11-20(16-5-7-17(28)8-6-16)31-21-12-22(36-23(18)21)25(35)33-10-9-32(14-26(33,3)4)24(34)19-13-27(19,29)30;1-16(2)19-13-21(17-5-7-18(28)8-6-17)29-22-14-23(36-24(19)22)26(34)32-11-10-31(15-27(32,3)4)25(33)20-9-12-35-30-20/h7-10,14-15,17,23H,5-6,11-13,16H2,1-4H3;7-10,13-14,16-17,24,33H,11-12,15H2,1-6H3;5-8,11-12,15,19H,9-10,13-14H2,1-4H3;5-9,12-14,16H,10-11,15H2,1-4H3/t23-;24-;;/m11../s1. The van der Waals surface area contributed by atoms with Gasteiger partial charge >= 0.3 is 0 Å². The minimum atomic E-state index is -2.92. The fourth-order valence-corrected chi connectivity index (χ4v) is 19.4. The third-order valence-corrected chi connectivity index (χ3v) is 27.6. The molecule has 0 bridgehead atoms. The van der Waals surface area contributed by atoms with Gasteiger partial charge in [0.1, 0.15) is 69.7 Å². The molecule has 28 nitrogen and oxygen atoms in total. The smallest absolute Gasteiger partial charge is 0.290 e. The minimum Gasteiger partial charge on any atom is -0.449 e. The van der Waals surface area contributed by atoms with Crippen molar-refractivity contribution in [2.45, 2.75) is 208 Å². The van der Waals surface area contributed by atoms with Crippen LogP contribution in [-0.2, 0) is 19.1 Å². The lowest BCUT2D eigenvalue weighted by atomic mass is 9.96. The van der Waals surface area contributed by atoms with Gasteiger partial charge in [-0.3, -0.25) is 38.4 Å². The van der Waals surface area contributed by atoms with Crippen molar-refractivity contribution in [1.29, 1.82) is 0 Å². The van der Waals surface area contributed by atoms with E-state index in [4.69, 9.17) is 41.9 Å². The van der Waals surface area contributed by atoms with Crippen LogP contribution in [0, 0.1) is 35.1 Å². The maximum Gasteiger partial charge on any atom is 0.290 e. The largest absolute Gasteiger partial charge is 0.449 e. The van der Waals surface area contributed by atoms with Gasteiger partial charge in [0.15, 0.2) is 51.1 Å². The zero-order chi connectivity index (χ0) is 104. The monoisotopic (exact) mass is 1980 g/mol. The summed E-state index contributed by atoms with van der Waals surface area (Å²) in [6.45, 7) is 39.6. The first-order chi connectivity index (χ1) is 68.0. The molecule has 6 aliphatic rings. The first-order valence-electron chi connectivity index (χ1n) is 48.9. The number of aliphatic hydroxyl groups is 1. The van der Waals surface area contributed by atoms with Crippen molar-refractivity contribution in [2.75, 3.05) is 85.1 Å². The lowest BCUT2D eigenvalue weighted by molar-refractivity contribution is -0.146. The maximum atomic E-state index is 13.6. The summed E-state index contributed by atoms with van der Waals surface area (Å²) in [5.74, 6) is -6.64. The molecule has 13 aromatic rings. The van der Waals surface area contributed by atoms with Crippen LogP contribution in [0.5, 0.6) is 0 Å². The summed E-state index contributed by atoms with van der Waals surface area (Å²) < 4.78 is 115. The fourth-order valence-electron chi connectivity index (χ4n) is 19.4. The second-order valence-electron chi connectivity index (χ2n) is 42.0. The maximum absolute atomic E-state index is 13.6. The van der Waals surface area contributed by atoms with E-state index in [1.54, 1.807) is 116 Å². The predicted molar refractivity (Wildman–Crippen MR) is 529 cm³/mol. The number of hydrogen-bond acceptors (Lipinski definition) is 20. The van der Waals surface area contributed by atoms with Crippen LogP contribution in [0.25, 0.3) is 89.4 Å². The van der Waals surface area contributed by atoms with Crippen LogP contribution >= 0.6 is 0 Å². The molecule has 1 unspecified atom stereocenters. The third kappa shape index (κ3) is 21.7. The number of ether oxygens (including phenoxy) is 1. The van der Waals surface area contributed by atoms with Crippen molar-refractivity contribution >= 4 is 91.7 Å². The van der Waals surface area contributed by atoms with Crippen molar-refractivity contribution < 1.29 is 96.7 Å². The molecular weight excluding hydrogens is 1860 g/mol. The molecule has 1 saturated carbocycles. The number of fused-ring (bicyclic) bond motifs is 4. The molecule has 5 saturated heterocycles. The van der Waals surface area contributed by atoms with Crippen LogP contribution in [0.1, 0.15) is 243 Å². The molecule has 19 rings (SSSR count). The average molecular weight is 1980 g/mol. The second-order valence-corrected chi connectivity index (χ2v) is 42.0. The normalized spacial score (nSPS) is 18.2. The molecule has 144 heavy (non-hydrogen) atoms. The Morgan fingerprint density at radius 2 is 0.660 bits per heavy atom. The molecule has 14 heterocycles. The quantitative estimate of drug-likeness (QED) is 0.0828. The van der Waals surface area contributed by atoms with Crippen molar-refractivity contribution in [1.82, 2.24) is 64.3 Å². The summed E-state index contributed by atoms with van der Waals surface area (Å²) in [5.41, 5.74) is 11.5. The van der Waals surface area contributed by atoms with Crippen molar-refractivity contribution in [3.63, 3.8) is 0 Å². The molecule has 4 aromatic carbocycles. The molecule has 5 aliphatic heterocycles. The molecule has 0 spiro atoms. The zero-order valence-electron chi connectivity index (χ0n) is 84.2. The second kappa shape index (κ2) is 40.7. The number of nitrogens with zero attached hydrogens (tertiary/aromatic N) is 13. The van der Waals surface area contributed by atoms with Crippen LogP contribution in [0.2, 0.25) is 0 Å². The number of carbonyl (C=O) groups excluding carboxylic acids is 8. The van der Waals surface area contributed by atoms with Gasteiger partial charge in [0, 0.05) is 166 Å². The molecular formula is C110H121F6N13O15. The number of rotatable bonds is 17. The van der Waals surface area contributed by atoms with Gasteiger partial charge in [0.2, 0.25) is 5.91 Å². The summed E-state index contributed by atoms with van der Waals surface area (Å²) in [7, 11) is 0. The summed E-state index contributed by atoms with van der Waals surface area (Å²) in [6, 6.07) is 40.4. The number of piperazine rings is 4. The van der Waals surface area contributed by atoms with Crippen LogP contribution < -0.4 is 0 Å². The summed E-state index contributed by atoms with van der Waals surface area (Å²) in [5, 5.41) is 14.0. The van der Waals surface area contributed by atoms with Crippen LogP contribution in [0.3, 0.4) is 0 Å². The van der Waals surface area contributed by atoms with Crippen molar-refractivity contribution in [3.05, 3.63) is 232 Å². The first-order valence-corrected chi connectivity index (χ1v) is 48.9. The number of amides is 8. The molecule has 3 atom stereocenters. The number of aliphatic hydroxyl groups excluding tert-OH is 1. The van der Waals surface area contributed by atoms with Crippen molar-refractivity contribution in [3.8, 4) is 45.0 Å². The summed E-state index contributed by atoms with van der Waals surface area (Å²) in [4.78, 5) is 137. The van der Waals surface area contributed by atoms with Gasteiger partial charge < -0.3 is 71.2 Å². The Morgan fingerprint density at radius 1 is 0.375 bits per heavy atom. The summed E-state index contributed by atoms with van der Waals surface area (Å²) in [6.07, 6.45) is 1.18. The molecule has 9 aromatic heterocycles. The van der Waals surface area contributed by atoms with E-state index in [0.717, 1.165) is 57.3 Å². The zero-order valence-corrected chi connectivity index (χ0v) is 84.2. The Kier molecular flexibility index (Phi) is 29.1. The number of hydrogen-bond donors (Lipinski definition) is 1. The number of pyridine rings is 4. The number of benzene rings is 4. The van der Waals surface area contributed by atoms with E-state index in [-0.39, 0.29) is 149 Å². The number of furan rings is 4. The SMILES string of the molecule is CC(C)c1cc(-c2ccc(F)cc2)nc2cc(C(=O)N3CCN(C(=O)C4CC4(F)F)CC3(C)C)oc12.CC(C)c1cc(-c2ccc(F)cc2)nc2cc(C(=O)N3CCN(C(=O)[C@H](O)C(C)C)CC3(C)C)oc12.CC(C)c1cc(-c2ccc(F)cc2)nc2cc(C(=O)N3CCN(C(=O)[C@H]4CCCO4)CC3(C)C)oc12.CC(C)c1cc(-c2ccc(F)cc2)nc2cc(C(=O)N3CCN(C(=O)c4ccon4)CC3(C)C)oc12. The molecule has 758 valence electrons. The van der Waals surface area contributed by atoms with Crippen LogP contribution in [-0.4, -0.2) is 242 Å². The van der Waals surface area contributed by atoms with Gasteiger partial charge in [0.25, 0.3) is 47.3 Å². The Balaban J connectivity index is 0.000000138. The van der Waals surface area contributed by atoms with Gasteiger partial charge in [-0.05, 0) is 219 Å². The molecule has 0 radical (unpaired) electrons. The first kappa shape index (κ1) is 103. The summed E-state index contributed by atoms with van der Waals surface area (Å²) >= 11 is 0. The number of halogens is 6. The lowest BCUT2D eigenvalue weighted by Gasteiger charge is -2.47. The lowest BCUT2D eigenvalue weighted by Crippen LogP contribution is -2.63. The molecule has 6 fully saturated rings. The van der Waals surface area contributed by atoms with Gasteiger partial charge in [-0.15, -0.1) is 0 Å². The molecule has 8 amide bonds. The molecule has 34 heteroatoms. The van der Waals surface area contributed by atoms with Gasteiger partial charge in [0.05, 0.1) is 44.9 Å². The van der Waals surface area contributed by atoms with E-state index in [9.17, 15) is 69.8 Å². The minimum absolute atomic E-state index is 0.00973. The van der Waals surface area contributed by atoms with Crippen LogP contribution in [0.15, 0.2) is 180 Å². The van der Waals surface area contributed by atoms with Gasteiger partial charge in [-0.25, -0.2) is 46.3 Å². The highest BCUT2D eigenvalue weighted by molar-refractivity contribution is 6.01. The highest BCUT2D eigenvalue weighted by atomic mass is 19.3. The molecule has 1 aliphatic carbocycles. The Hall–Kier alpha value is -13.9.